The molecule has 0 aliphatic heterocycles. The van der Waals surface area contributed by atoms with Gasteiger partial charge in [-0.25, -0.2) is 4.98 Å². The molecule has 0 saturated heterocycles. The molecule has 1 aromatic rings. The molecular weight excluding hydrogens is 290 g/mol. The monoisotopic (exact) mass is 309 g/mol. The number of pyridine rings is 1. The Morgan fingerprint density at radius 2 is 2.30 bits per heavy atom. The molecule has 1 fully saturated rings. The first kappa shape index (κ1) is 15.6. The second-order valence-corrected chi connectivity index (χ2v) is 7.03. The summed E-state index contributed by atoms with van der Waals surface area (Å²) in [7, 11) is 0. The molecule has 1 aliphatic rings. The number of thioether (sulfide) groups is 1. The van der Waals surface area contributed by atoms with Gasteiger partial charge in [0, 0.05) is 12.2 Å². The number of unbranched alkanes of at least 4 members (excludes halogenated alkanes) is 1. The van der Waals surface area contributed by atoms with Crippen molar-refractivity contribution in [2.24, 2.45) is 0 Å². The largest absolute Gasteiger partial charge is 0.297 e. The highest BCUT2D eigenvalue weighted by Gasteiger charge is 2.31. The lowest BCUT2D eigenvalue weighted by Gasteiger charge is -2.23. The summed E-state index contributed by atoms with van der Waals surface area (Å²) in [5, 5.41) is 14.4. The molecular formula is C15H20ClN3S. The van der Waals surface area contributed by atoms with Crippen LogP contribution < -0.4 is 5.32 Å². The van der Waals surface area contributed by atoms with Gasteiger partial charge in [0.2, 0.25) is 0 Å². The van der Waals surface area contributed by atoms with Crippen LogP contribution in [-0.2, 0) is 0 Å². The molecule has 1 heterocycles. The van der Waals surface area contributed by atoms with Crippen molar-refractivity contribution in [1.82, 2.24) is 10.3 Å². The van der Waals surface area contributed by atoms with Crippen LogP contribution >= 0.6 is 23.4 Å². The van der Waals surface area contributed by atoms with Crippen molar-refractivity contribution in [3.8, 4) is 6.07 Å². The minimum Gasteiger partial charge on any atom is -0.297 e. The van der Waals surface area contributed by atoms with Crippen LogP contribution in [0.1, 0.15) is 39.0 Å². The lowest BCUT2D eigenvalue weighted by molar-refractivity contribution is 0.402. The van der Waals surface area contributed by atoms with E-state index in [1.165, 1.54) is 12.8 Å². The highest BCUT2D eigenvalue weighted by atomic mass is 35.5. The number of rotatable bonds is 8. The van der Waals surface area contributed by atoms with Gasteiger partial charge in [0.05, 0.1) is 16.1 Å². The van der Waals surface area contributed by atoms with Gasteiger partial charge in [0.25, 0.3) is 0 Å². The van der Waals surface area contributed by atoms with Crippen LogP contribution in [-0.4, -0.2) is 22.3 Å². The van der Waals surface area contributed by atoms with Gasteiger partial charge in [-0.15, -0.1) is 11.8 Å². The van der Waals surface area contributed by atoms with Gasteiger partial charge in [0.1, 0.15) is 5.54 Å². The van der Waals surface area contributed by atoms with Gasteiger partial charge in [0.15, 0.2) is 0 Å². The molecule has 20 heavy (non-hydrogen) atoms. The predicted octanol–water partition coefficient (Wildman–Crippen LogP) is 4.03. The maximum Gasteiger partial charge on any atom is 0.104 e. The van der Waals surface area contributed by atoms with Crippen molar-refractivity contribution in [2.75, 3.05) is 5.75 Å². The van der Waals surface area contributed by atoms with E-state index in [0.717, 1.165) is 30.0 Å². The summed E-state index contributed by atoms with van der Waals surface area (Å²) in [4.78, 5) is 4.25. The van der Waals surface area contributed by atoms with Gasteiger partial charge in [-0.2, -0.15) is 5.26 Å². The normalized spacial score (nSPS) is 17.4. The first-order valence-corrected chi connectivity index (χ1v) is 8.41. The summed E-state index contributed by atoms with van der Waals surface area (Å²) in [5.41, 5.74) is -0.357. The number of halogens is 1. The van der Waals surface area contributed by atoms with E-state index in [1.807, 2.05) is 19.1 Å². The Kier molecular flexibility index (Phi) is 5.71. The third kappa shape index (κ3) is 5.32. The van der Waals surface area contributed by atoms with Crippen molar-refractivity contribution < 1.29 is 0 Å². The molecule has 5 heteroatoms. The van der Waals surface area contributed by atoms with Crippen LogP contribution in [0.2, 0.25) is 5.02 Å². The zero-order chi connectivity index (χ0) is 14.4. The van der Waals surface area contributed by atoms with Gasteiger partial charge in [-0.3, -0.25) is 5.32 Å². The number of hydrogen-bond acceptors (Lipinski definition) is 4. The van der Waals surface area contributed by atoms with Crippen molar-refractivity contribution in [3.63, 3.8) is 0 Å². The van der Waals surface area contributed by atoms with E-state index >= 15 is 0 Å². The summed E-state index contributed by atoms with van der Waals surface area (Å²) in [6.45, 7) is 2.01. The molecule has 0 aromatic carbocycles. The molecule has 1 aliphatic carbocycles. The average Bonchev–Trinajstić information content (AvgIpc) is 3.24. The highest BCUT2D eigenvalue weighted by Crippen LogP contribution is 2.25. The Balaban J connectivity index is 1.63. The fourth-order valence-corrected chi connectivity index (χ4v) is 3.00. The maximum absolute atomic E-state index is 9.28. The average molecular weight is 310 g/mol. The molecule has 2 rings (SSSR count). The second kappa shape index (κ2) is 7.31. The highest BCUT2D eigenvalue weighted by molar-refractivity contribution is 7.99. The van der Waals surface area contributed by atoms with Crippen LogP contribution in [0.5, 0.6) is 0 Å². The van der Waals surface area contributed by atoms with Crippen LogP contribution in [0.15, 0.2) is 23.4 Å². The SMILES string of the molecule is CC(C#N)(CCCCSc1ccc(Cl)cn1)NC1CC1. The maximum atomic E-state index is 9.28. The fourth-order valence-electron chi connectivity index (χ4n) is 2.04. The van der Waals surface area contributed by atoms with Gasteiger partial charge in [-0.05, 0) is 56.9 Å². The smallest absolute Gasteiger partial charge is 0.104 e. The molecule has 108 valence electrons. The summed E-state index contributed by atoms with van der Waals surface area (Å²) >= 11 is 7.54. The standard InChI is InChI=1S/C15H20ClN3S/c1-15(11-17,19-13-5-6-13)8-2-3-9-20-14-7-4-12(16)10-18-14/h4,7,10,13,19H,2-3,5-6,8-9H2,1H3. The lowest BCUT2D eigenvalue weighted by Crippen LogP contribution is -2.42. The van der Waals surface area contributed by atoms with E-state index in [2.05, 4.69) is 16.4 Å². The van der Waals surface area contributed by atoms with Crippen LogP contribution in [0, 0.1) is 11.3 Å². The summed E-state index contributed by atoms with van der Waals surface area (Å²) < 4.78 is 0. The van der Waals surface area contributed by atoms with Gasteiger partial charge >= 0.3 is 0 Å². The molecule has 1 atom stereocenters. The van der Waals surface area contributed by atoms with E-state index in [0.29, 0.717) is 11.1 Å². The van der Waals surface area contributed by atoms with Gasteiger partial charge in [-0.1, -0.05) is 11.6 Å². The Morgan fingerprint density at radius 3 is 2.90 bits per heavy atom. The predicted molar refractivity (Wildman–Crippen MR) is 84.0 cm³/mol. The minimum atomic E-state index is -0.357. The molecule has 0 bridgehead atoms. The third-order valence-electron chi connectivity index (χ3n) is 3.37. The van der Waals surface area contributed by atoms with E-state index in [4.69, 9.17) is 11.6 Å². The summed E-state index contributed by atoms with van der Waals surface area (Å²) in [5.74, 6) is 1.03. The first-order chi connectivity index (χ1) is 9.61. The number of nitrogens with one attached hydrogen (secondary N) is 1. The zero-order valence-corrected chi connectivity index (χ0v) is 13.3. The van der Waals surface area contributed by atoms with E-state index in [-0.39, 0.29) is 5.54 Å². The molecule has 1 aromatic heterocycles. The summed E-state index contributed by atoms with van der Waals surface area (Å²) in [6, 6.07) is 6.81. The number of hydrogen-bond donors (Lipinski definition) is 1. The van der Waals surface area contributed by atoms with E-state index < -0.39 is 0 Å². The molecule has 3 nitrogen and oxygen atoms in total. The minimum absolute atomic E-state index is 0.357. The van der Waals surface area contributed by atoms with Gasteiger partial charge < -0.3 is 0 Å². The van der Waals surface area contributed by atoms with Crippen molar-refractivity contribution >= 4 is 23.4 Å². The van der Waals surface area contributed by atoms with E-state index in [1.54, 1.807) is 18.0 Å². The molecule has 1 unspecified atom stereocenters. The Labute approximate surface area is 130 Å². The first-order valence-electron chi connectivity index (χ1n) is 7.05. The number of aromatic nitrogens is 1. The lowest BCUT2D eigenvalue weighted by atomic mass is 9.96. The Morgan fingerprint density at radius 1 is 1.50 bits per heavy atom. The molecule has 0 spiro atoms. The van der Waals surface area contributed by atoms with Crippen LogP contribution in [0.4, 0.5) is 0 Å². The Hall–Kier alpha value is -0.760. The number of nitrogens with zero attached hydrogens (tertiary/aromatic N) is 2. The second-order valence-electron chi connectivity index (χ2n) is 5.48. The molecule has 1 N–H and O–H groups in total. The van der Waals surface area contributed by atoms with Crippen LogP contribution in [0.3, 0.4) is 0 Å². The molecule has 1 saturated carbocycles. The zero-order valence-electron chi connectivity index (χ0n) is 11.7. The number of nitriles is 1. The topological polar surface area (TPSA) is 48.7 Å². The Bertz CT molecular complexity index is 467. The third-order valence-corrected chi connectivity index (χ3v) is 4.62. The van der Waals surface area contributed by atoms with Crippen molar-refractivity contribution in [3.05, 3.63) is 23.4 Å². The quantitative estimate of drug-likeness (QED) is 0.582. The summed E-state index contributed by atoms with van der Waals surface area (Å²) in [6.07, 6.45) is 7.18. The fraction of sp³-hybridized carbons (Fsp3) is 0.600. The van der Waals surface area contributed by atoms with Crippen molar-refractivity contribution in [1.29, 1.82) is 5.26 Å². The molecule has 0 radical (unpaired) electrons. The molecule has 0 amide bonds. The van der Waals surface area contributed by atoms with E-state index in [9.17, 15) is 5.26 Å². The van der Waals surface area contributed by atoms with Crippen molar-refractivity contribution in [2.45, 2.75) is 55.6 Å². The van der Waals surface area contributed by atoms with Crippen LogP contribution in [0.25, 0.3) is 0 Å².